The summed E-state index contributed by atoms with van der Waals surface area (Å²) in [7, 11) is 0. The molecule has 1 fully saturated rings. The van der Waals surface area contributed by atoms with Crippen LogP contribution in [0.25, 0.3) is 11.3 Å². The third kappa shape index (κ3) is 5.30. The summed E-state index contributed by atoms with van der Waals surface area (Å²) < 4.78 is 11.9. The van der Waals surface area contributed by atoms with Crippen molar-refractivity contribution in [3.63, 3.8) is 0 Å². The Morgan fingerprint density at radius 3 is 2.49 bits per heavy atom. The number of oxime groups is 1. The van der Waals surface area contributed by atoms with Crippen molar-refractivity contribution in [3.8, 4) is 17.0 Å². The molecule has 1 saturated carbocycles. The Kier molecular flexibility index (Phi) is 7.22. The second-order valence-electron chi connectivity index (χ2n) is 10.5. The minimum absolute atomic E-state index is 0.203. The van der Waals surface area contributed by atoms with Crippen molar-refractivity contribution in [2.24, 2.45) is 5.16 Å². The average molecular weight is 612 g/mol. The Balaban J connectivity index is 1.21. The number of carbonyl (C=O) groups is 1. The zero-order valence-corrected chi connectivity index (χ0v) is 24.5. The molecule has 1 unspecified atom stereocenters. The molecule has 1 N–H and O–H groups in total. The van der Waals surface area contributed by atoms with Gasteiger partial charge in [-0.25, -0.2) is 4.79 Å². The summed E-state index contributed by atoms with van der Waals surface area (Å²) in [6.45, 7) is 3.98. The van der Waals surface area contributed by atoms with Crippen molar-refractivity contribution < 1.29 is 24.0 Å². The number of aromatic nitrogens is 1. The van der Waals surface area contributed by atoms with Crippen LogP contribution in [0.2, 0.25) is 15.1 Å². The third-order valence-corrected chi connectivity index (χ3v) is 8.45. The fourth-order valence-corrected chi connectivity index (χ4v) is 6.11. The predicted molar refractivity (Wildman–Crippen MR) is 157 cm³/mol. The highest BCUT2D eigenvalue weighted by molar-refractivity contribution is 6.39. The highest BCUT2D eigenvalue weighted by Gasteiger charge is 2.39. The quantitative estimate of drug-likeness (QED) is 0.214. The zero-order valence-electron chi connectivity index (χ0n) is 22.2. The molecule has 0 radical (unpaired) electrons. The lowest BCUT2D eigenvalue weighted by Crippen LogP contribution is -2.22. The van der Waals surface area contributed by atoms with Gasteiger partial charge in [0.05, 0.1) is 31.9 Å². The van der Waals surface area contributed by atoms with Gasteiger partial charge in [-0.2, -0.15) is 0 Å². The van der Waals surface area contributed by atoms with E-state index in [1.807, 2.05) is 26.0 Å². The van der Waals surface area contributed by atoms with Crippen LogP contribution < -0.4 is 4.74 Å². The first-order valence-electron chi connectivity index (χ1n) is 13.1. The molecule has 6 rings (SSSR count). The summed E-state index contributed by atoms with van der Waals surface area (Å²) in [5.41, 5.74) is 4.57. The monoisotopic (exact) mass is 610 g/mol. The Bertz CT molecular complexity index is 1690. The summed E-state index contributed by atoms with van der Waals surface area (Å²) >= 11 is 19.7. The van der Waals surface area contributed by atoms with Crippen LogP contribution >= 0.6 is 34.8 Å². The largest absolute Gasteiger partial charge is 0.489 e. The number of halogens is 3. The zero-order chi connectivity index (χ0) is 28.9. The van der Waals surface area contributed by atoms with Crippen LogP contribution in [0.15, 0.2) is 64.3 Å². The molecule has 7 nitrogen and oxygen atoms in total. The molecule has 2 heterocycles. The fourth-order valence-electron chi connectivity index (χ4n) is 5.17. The maximum Gasteiger partial charge on any atom is 0.335 e. The summed E-state index contributed by atoms with van der Waals surface area (Å²) in [5.74, 6) is 0.697. The lowest BCUT2D eigenvalue weighted by atomic mass is 9.87. The van der Waals surface area contributed by atoms with Gasteiger partial charge >= 0.3 is 5.97 Å². The van der Waals surface area contributed by atoms with Crippen LogP contribution in [-0.2, 0) is 17.0 Å². The van der Waals surface area contributed by atoms with Crippen LogP contribution in [0.3, 0.4) is 0 Å². The van der Waals surface area contributed by atoms with Crippen molar-refractivity contribution in [3.05, 3.63) is 103 Å². The molecule has 10 heteroatoms. The molecule has 2 aliphatic rings. The Labute approximate surface area is 251 Å². The first kappa shape index (κ1) is 27.6. The lowest BCUT2D eigenvalue weighted by molar-refractivity contribution is -0.00733. The van der Waals surface area contributed by atoms with Gasteiger partial charge in [0.25, 0.3) is 0 Å². The Hall–Kier alpha value is -3.52. The molecule has 1 atom stereocenters. The molecule has 3 aromatic carbocycles. The van der Waals surface area contributed by atoms with E-state index >= 15 is 0 Å². The molecule has 0 spiro atoms. The first-order chi connectivity index (χ1) is 19.6. The minimum Gasteiger partial charge on any atom is -0.489 e. The second kappa shape index (κ2) is 10.7. The average Bonchev–Trinajstić information content (AvgIpc) is 3.58. The number of carboxylic acid groups (broad SMARTS) is 1. The molecule has 210 valence electrons. The van der Waals surface area contributed by atoms with Crippen LogP contribution in [0, 0.1) is 6.92 Å². The molecule has 0 bridgehead atoms. The van der Waals surface area contributed by atoms with Gasteiger partial charge in [-0.15, -0.1) is 0 Å². The van der Waals surface area contributed by atoms with E-state index in [1.165, 1.54) is 0 Å². The number of nitrogens with zero attached hydrogens (tertiary/aromatic N) is 2. The number of benzene rings is 3. The number of hydrogen-bond acceptors (Lipinski definition) is 6. The Morgan fingerprint density at radius 2 is 1.83 bits per heavy atom. The molecular formula is C31H25Cl3N2O5. The normalized spacial score (nSPS) is 18.2. The maximum atomic E-state index is 11.3. The molecule has 4 aromatic rings. The number of aryl methyl sites for hydroxylation is 1. The summed E-state index contributed by atoms with van der Waals surface area (Å²) in [6, 6.07) is 15.7. The van der Waals surface area contributed by atoms with E-state index in [-0.39, 0.29) is 12.2 Å². The van der Waals surface area contributed by atoms with E-state index < -0.39 is 11.6 Å². The van der Waals surface area contributed by atoms with Gasteiger partial charge in [0.15, 0.2) is 5.60 Å². The highest BCUT2D eigenvalue weighted by Crippen LogP contribution is 2.46. The first-order valence-corrected chi connectivity index (χ1v) is 14.2. The van der Waals surface area contributed by atoms with E-state index in [1.54, 1.807) is 42.5 Å². The third-order valence-electron chi connectivity index (χ3n) is 7.51. The number of rotatable bonds is 8. The van der Waals surface area contributed by atoms with E-state index in [4.69, 9.17) is 48.9 Å². The van der Waals surface area contributed by atoms with Crippen molar-refractivity contribution in [1.82, 2.24) is 5.16 Å². The van der Waals surface area contributed by atoms with Crippen LogP contribution in [0.4, 0.5) is 0 Å². The van der Waals surface area contributed by atoms with Gasteiger partial charge in [-0.05, 0) is 74.7 Å². The minimum atomic E-state index is -0.972. The van der Waals surface area contributed by atoms with Crippen LogP contribution in [0.1, 0.15) is 70.5 Å². The molecule has 0 amide bonds. The number of carboxylic acids is 1. The van der Waals surface area contributed by atoms with E-state index in [2.05, 4.69) is 10.3 Å². The van der Waals surface area contributed by atoms with Gasteiger partial charge < -0.3 is 19.2 Å². The van der Waals surface area contributed by atoms with Crippen LogP contribution in [-0.4, -0.2) is 21.9 Å². The van der Waals surface area contributed by atoms with Crippen molar-refractivity contribution in [1.29, 1.82) is 0 Å². The van der Waals surface area contributed by atoms with Crippen molar-refractivity contribution in [2.45, 2.75) is 51.2 Å². The van der Waals surface area contributed by atoms with Crippen molar-refractivity contribution >= 4 is 46.5 Å². The van der Waals surface area contributed by atoms with E-state index in [9.17, 15) is 9.90 Å². The molecule has 41 heavy (non-hydrogen) atoms. The molecule has 0 saturated heterocycles. The molecule has 1 aromatic heterocycles. The topological polar surface area (TPSA) is 94.2 Å². The second-order valence-corrected chi connectivity index (χ2v) is 11.8. The van der Waals surface area contributed by atoms with E-state index in [0.29, 0.717) is 44.4 Å². The van der Waals surface area contributed by atoms with Gasteiger partial charge in [0.1, 0.15) is 23.8 Å². The van der Waals surface area contributed by atoms with Gasteiger partial charge in [0, 0.05) is 29.0 Å². The maximum absolute atomic E-state index is 11.3. The predicted octanol–water partition coefficient (Wildman–Crippen LogP) is 8.80. The highest BCUT2D eigenvalue weighted by atomic mass is 35.5. The number of ether oxygens (including phenoxy) is 1. The van der Waals surface area contributed by atoms with Gasteiger partial charge in [-0.1, -0.05) is 57.2 Å². The van der Waals surface area contributed by atoms with E-state index in [0.717, 1.165) is 46.6 Å². The molecule has 1 aliphatic heterocycles. The molecular weight excluding hydrogens is 587 g/mol. The van der Waals surface area contributed by atoms with Crippen molar-refractivity contribution in [2.75, 3.05) is 0 Å². The van der Waals surface area contributed by atoms with Gasteiger partial charge in [-0.3, -0.25) is 0 Å². The standard InChI is InChI=1S/C31H25Cl3N2O5/c1-16-12-18(30(37)38)8-10-20(16)26-14-31(2,41-35-26)22-11-9-19(13-25(22)34)39-15-21-28(36-40-29(21)17-6-7-17)27-23(32)4-3-5-24(27)33/h3-5,8-13,17H,6-7,14-15H2,1-2H3,(H,37,38). The smallest absolute Gasteiger partial charge is 0.335 e. The SMILES string of the molecule is Cc1cc(C(=O)O)ccc1C1=NOC(C)(c2ccc(OCc3c(-c4c(Cl)cccc4Cl)noc3C3CC3)cc2Cl)C1. The number of aromatic carboxylic acids is 1. The molecule has 1 aliphatic carbocycles. The van der Waals surface area contributed by atoms with Gasteiger partial charge in [0.2, 0.25) is 0 Å². The summed E-state index contributed by atoms with van der Waals surface area (Å²) in [5, 5.41) is 19.4. The summed E-state index contributed by atoms with van der Waals surface area (Å²) in [4.78, 5) is 17.2. The summed E-state index contributed by atoms with van der Waals surface area (Å²) in [6.07, 6.45) is 2.53. The Morgan fingerprint density at radius 1 is 1.07 bits per heavy atom. The lowest BCUT2D eigenvalue weighted by Gasteiger charge is -2.23. The number of hydrogen-bond donors (Lipinski definition) is 1. The fraction of sp³-hybridized carbons (Fsp3) is 0.258. The van der Waals surface area contributed by atoms with Crippen LogP contribution in [0.5, 0.6) is 5.75 Å².